The first-order valence-electron chi connectivity index (χ1n) is 7.17. The summed E-state index contributed by atoms with van der Waals surface area (Å²) in [7, 11) is 1.68. The Morgan fingerprint density at radius 2 is 2.10 bits per heavy atom. The second-order valence-corrected chi connectivity index (χ2v) is 5.69. The first-order chi connectivity index (χ1) is 9.78. The Labute approximate surface area is 119 Å². The molecule has 0 aromatic carbocycles. The van der Waals surface area contributed by atoms with E-state index in [1.165, 1.54) is 5.56 Å². The molecule has 2 atom stereocenters. The van der Waals surface area contributed by atoms with Gasteiger partial charge in [-0.05, 0) is 17.7 Å². The van der Waals surface area contributed by atoms with Gasteiger partial charge in [0, 0.05) is 58.1 Å². The Morgan fingerprint density at radius 3 is 2.80 bits per heavy atom. The van der Waals surface area contributed by atoms with Crippen LogP contribution in [0.1, 0.15) is 5.56 Å². The molecule has 0 radical (unpaired) electrons. The summed E-state index contributed by atoms with van der Waals surface area (Å²) in [6.07, 6.45) is 3.65. The van der Waals surface area contributed by atoms with Crippen molar-refractivity contribution in [2.45, 2.75) is 6.54 Å². The molecule has 1 aromatic heterocycles. The quantitative estimate of drug-likeness (QED) is 0.790. The SMILES string of the molecule is COCCN1C[C@H]2CN(Cc3ccncc3)C[C@H]2C1=O. The number of nitrogens with zero attached hydrogens (tertiary/aromatic N) is 3. The topological polar surface area (TPSA) is 45.7 Å². The highest BCUT2D eigenvalue weighted by molar-refractivity contribution is 5.82. The van der Waals surface area contributed by atoms with Gasteiger partial charge in [0.25, 0.3) is 0 Å². The Kier molecular flexibility index (Phi) is 3.98. The highest BCUT2D eigenvalue weighted by Crippen LogP contribution is 2.32. The number of likely N-dealkylation sites (tertiary alicyclic amines) is 2. The summed E-state index contributed by atoms with van der Waals surface area (Å²) < 4.78 is 5.06. The molecule has 2 aliphatic heterocycles. The van der Waals surface area contributed by atoms with Crippen LogP contribution in [0.3, 0.4) is 0 Å². The normalized spacial score (nSPS) is 26.2. The zero-order chi connectivity index (χ0) is 13.9. The van der Waals surface area contributed by atoms with Crippen molar-refractivity contribution >= 4 is 5.91 Å². The maximum atomic E-state index is 12.3. The molecule has 0 saturated carbocycles. The number of rotatable bonds is 5. The molecule has 0 unspecified atom stereocenters. The lowest BCUT2D eigenvalue weighted by molar-refractivity contribution is -0.131. The van der Waals surface area contributed by atoms with Crippen molar-refractivity contribution in [3.8, 4) is 0 Å². The van der Waals surface area contributed by atoms with Crippen LogP contribution in [-0.4, -0.2) is 60.6 Å². The van der Waals surface area contributed by atoms with E-state index >= 15 is 0 Å². The number of methoxy groups -OCH3 is 1. The third-order valence-corrected chi connectivity index (χ3v) is 4.32. The molecule has 108 valence electrons. The molecular formula is C15H21N3O2. The predicted molar refractivity (Wildman–Crippen MR) is 75.0 cm³/mol. The molecule has 2 fully saturated rings. The smallest absolute Gasteiger partial charge is 0.227 e. The van der Waals surface area contributed by atoms with E-state index in [9.17, 15) is 4.79 Å². The standard InChI is InChI=1S/C15H21N3O2/c1-20-7-6-18-10-13-9-17(11-14(13)15(18)19)8-12-2-4-16-5-3-12/h2-5,13-14H,6-11H2,1H3/t13-,14-/m1/s1. The molecule has 0 bridgehead atoms. The maximum absolute atomic E-state index is 12.3. The van der Waals surface area contributed by atoms with Crippen molar-refractivity contribution in [2.24, 2.45) is 11.8 Å². The summed E-state index contributed by atoms with van der Waals surface area (Å²) in [5.74, 6) is 0.985. The van der Waals surface area contributed by atoms with Gasteiger partial charge in [0.1, 0.15) is 0 Å². The lowest BCUT2D eigenvalue weighted by Gasteiger charge is -2.21. The molecule has 1 aromatic rings. The maximum Gasteiger partial charge on any atom is 0.227 e. The van der Waals surface area contributed by atoms with Gasteiger partial charge in [-0.1, -0.05) is 0 Å². The van der Waals surface area contributed by atoms with Crippen LogP contribution in [0.5, 0.6) is 0 Å². The first-order valence-corrected chi connectivity index (χ1v) is 7.17. The van der Waals surface area contributed by atoms with E-state index in [0.717, 1.165) is 32.7 Å². The van der Waals surface area contributed by atoms with Gasteiger partial charge in [-0.2, -0.15) is 0 Å². The average Bonchev–Trinajstić information content (AvgIpc) is 2.97. The zero-order valence-corrected chi connectivity index (χ0v) is 11.9. The highest BCUT2D eigenvalue weighted by Gasteiger charge is 2.45. The average molecular weight is 275 g/mol. The fourth-order valence-electron chi connectivity index (χ4n) is 3.31. The van der Waals surface area contributed by atoms with Gasteiger partial charge in [-0.15, -0.1) is 0 Å². The molecule has 5 heteroatoms. The second kappa shape index (κ2) is 5.89. The molecule has 2 saturated heterocycles. The molecule has 0 spiro atoms. The number of amides is 1. The molecule has 3 rings (SSSR count). The Bertz CT molecular complexity index is 465. The van der Waals surface area contributed by atoms with Gasteiger partial charge in [0.05, 0.1) is 12.5 Å². The van der Waals surface area contributed by atoms with E-state index in [4.69, 9.17) is 4.74 Å². The number of hydrogen-bond donors (Lipinski definition) is 0. The monoisotopic (exact) mass is 275 g/mol. The van der Waals surface area contributed by atoms with Gasteiger partial charge < -0.3 is 9.64 Å². The zero-order valence-electron chi connectivity index (χ0n) is 11.9. The third-order valence-electron chi connectivity index (χ3n) is 4.32. The van der Waals surface area contributed by atoms with E-state index in [2.05, 4.69) is 9.88 Å². The Balaban J connectivity index is 1.56. The van der Waals surface area contributed by atoms with E-state index in [1.807, 2.05) is 29.4 Å². The number of hydrogen-bond acceptors (Lipinski definition) is 4. The van der Waals surface area contributed by atoms with E-state index in [-0.39, 0.29) is 5.92 Å². The summed E-state index contributed by atoms with van der Waals surface area (Å²) in [5.41, 5.74) is 1.27. The van der Waals surface area contributed by atoms with Crippen molar-refractivity contribution in [3.63, 3.8) is 0 Å². The molecular weight excluding hydrogens is 254 g/mol. The van der Waals surface area contributed by atoms with Crippen LogP contribution in [0.2, 0.25) is 0 Å². The van der Waals surface area contributed by atoms with Crippen molar-refractivity contribution in [3.05, 3.63) is 30.1 Å². The second-order valence-electron chi connectivity index (χ2n) is 5.69. The van der Waals surface area contributed by atoms with Crippen LogP contribution in [-0.2, 0) is 16.1 Å². The number of pyridine rings is 1. The molecule has 1 amide bonds. The fraction of sp³-hybridized carbons (Fsp3) is 0.600. The van der Waals surface area contributed by atoms with Crippen molar-refractivity contribution in [2.75, 3.05) is 39.9 Å². The van der Waals surface area contributed by atoms with Crippen LogP contribution < -0.4 is 0 Å². The molecule has 3 heterocycles. The lowest BCUT2D eigenvalue weighted by Crippen LogP contribution is -2.34. The van der Waals surface area contributed by atoms with E-state index in [0.29, 0.717) is 18.4 Å². The van der Waals surface area contributed by atoms with Crippen LogP contribution in [0.15, 0.2) is 24.5 Å². The van der Waals surface area contributed by atoms with Gasteiger partial charge in [-0.3, -0.25) is 14.7 Å². The molecule has 20 heavy (non-hydrogen) atoms. The number of carbonyl (C=O) groups is 1. The largest absolute Gasteiger partial charge is 0.383 e. The summed E-state index contributed by atoms with van der Waals surface area (Å²) in [5, 5.41) is 0. The lowest BCUT2D eigenvalue weighted by atomic mass is 10.0. The number of ether oxygens (including phenoxy) is 1. The first kappa shape index (κ1) is 13.5. The number of aromatic nitrogens is 1. The van der Waals surface area contributed by atoms with Gasteiger partial charge in [0.2, 0.25) is 5.91 Å². The van der Waals surface area contributed by atoms with Crippen LogP contribution in [0.4, 0.5) is 0 Å². The minimum atomic E-state index is 0.189. The van der Waals surface area contributed by atoms with Crippen LogP contribution in [0, 0.1) is 11.8 Å². The van der Waals surface area contributed by atoms with Crippen molar-refractivity contribution < 1.29 is 9.53 Å². The molecule has 0 aliphatic carbocycles. The molecule has 5 nitrogen and oxygen atoms in total. The van der Waals surface area contributed by atoms with Gasteiger partial charge >= 0.3 is 0 Å². The molecule has 0 N–H and O–H groups in total. The number of fused-ring (bicyclic) bond motifs is 1. The van der Waals surface area contributed by atoms with Crippen molar-refractivity contribution in [1.29, 1.82) is 0 Å². The van der Waals surface area contributed by atoms with E-state index < -0.39 is 0 Å². The summed E-state index contributed by atoms with van der Waals surface area (Å²) in [4.78, 5) is 20.7. The van der Waals surface area contributed by atoms with E-state index in [1.54, 1.807) is 7.11 Å². The van der Waals surface area contributed by atoms with Gasteiger partial charge in [-0.25, -0.2) is 0 Å². The summed E-state index contributed by atoms with van der Waals surface area (Å²) in [6, 6.07) is 4.08. The van der Waals surface area contributed by atoms with Crippen LogP contribution in [0.25, 0.3) is 0 Å². The highest BCUT2D eigenvalue weighted by atomic mass is 16.5. The minimum absolute atomic E-state index is 0.189. The third kappa shape index (κ3) is 2.69. The summed E-state index contributed by atoms with van der Waals surface area (Å²) >= 11 is 0. The van der Waals surface area contributed by atoms with Crippen molar-refractivity contribution in [1.82, 2.24) is 14.8 Å². The minimum Gasteiger partial charge on any atom is -0.383 e. The Hall–Kier alpha value is -1.46. The fourth-order valence-corrected chi connectivity index (χ4v) is 3.31. The Morgan fingerprint density at radius 1 is 1.30 bits per heavy atom. The predicted octanol–water partition coefficient (Wildman–Crippen LogP) is 0.618. The molecule has 2 aliphatic rings. The number of carbonyl (C=O) groups excluding carboxylic acids is 1. The van der Waals surface area contributed by atoms with Crippen LogP contribution >= 0.6 is 0 Å². The summed E-state index contributed by atoms with van der Waals surface area (Å²) in [6.45, 7) is 5.07. The van der Waals surface area contributed by atoms with Gasteiger partial charge in [0.15, 0.2) is 0 Å².